The summed E-state index contributed by atoms with van der Waals surface area (Å²) in [6.07, 6.45) is 3.34. The number of nitrogens with two attached hydrogens (primary N) is 1. The summed E-state index contributed by atoms with van der Waals surface area (Å²) >= 11 is 5.34. The predicted molar refractivity (Wildman–Crippen MR) is 147 cm³/mol. The highest BCUT2D eigenvalue weighted by atomic mass is 32.5. The second-order valence-electron chi connectivity index (χ2n) is 10.3. The number of hydrogen-bond donors (Lipinski definition) is 4. The summed E-state index contributed by atoms with van der Waals surface area (Å²) in [6, 6.07) is -0.172. The number of aromatic amines is 1. The third-order valence-electron chi connectivity index (χ3n) is 7.57. The van der Waals surface area contributed by atoms with E-state index in [1.807, 2.05) is 4.57 Å². The lowest BCUT2D eigenvalue weighted by atomic mass is 10.1. The zero-order chi connectivity index (χ0) is 29.2. The fourth-order valence-electron chi connectivity index (χ4n) is 5.75. The Hall–Kier alpha value is -2.94. The van der Waals surface area contributed by atoms with E-state index in [0.29, 0.717) is 24.0 Å². The molecule has 5 N–H and O–H groups in total. The molecule has 2 saturated heterocycles. The van der Waals surface area contributed by atoms with Gasteiger partial charge in [-0.25, -0.2) is 24.1 Å². The quantitative estimate of drug-likeness (QED) is 0.205. The number of fused-ring (bicyclic) bond motifs is 5. The van der Waals surface area contributed by atoms with Crippen molar-refractivity contribution < 1.29 is 31.3 Å². The molecule has 4 aromatic rings. The number of anilines is 1. The van der Waals surface area contributed by atoms with Crippen LogP contribution in [0.3, 0.4) is 0 Å². The molecule has 0 spiro atoms. The second-order valence-corrected chi connectivity index (χ2v) is 14.5. The normalized spacial score (nSPS) is 33.6. The van der Waals surface area contributed by atoms with Crippen molar-refractivity contribution in [1.29, 1.82) is 0 Å². The summed E-state index contributed by atoms with van der Waals surface area (Å²) in [5.74, 6) is -0.549. The van der Waals surface area contributed by atoms with Crippen LogP contribution < -0.4 is 16.0 Å². The van der Waals surface area contributed by atoms with Gasteiger partial charge in [0.2, 0.25) is 5.95 Å². The number of nitrogen functional groups attached to an aromatic ring is 1. The van der Waals surface area contributed by atoms with Gasteiger partial charge in [-0.05, 0) is 24.6 Å². The molecule has 1 saturated carbocycles. The number of hydrogen-bond acceptors (Lipinski definition) is 14. The molecule has 0 radical (unpaired) electrons. The van der Waals surface area contributed by atoms with Gasteiger partial charge in [0.05, 0.1) is 37.7 Å². The van der Waals surface area contributed by atoms with Crippen molar-refractivity contribution in [3.05, 3.63) is 35.5 Å². The Kier molecular flexibility index (Phi) is 6.87. The molecule has 4 aromatic heterocycles. The van der Waals surface area contributed by atoms with E-state index in [2.05, 4.69) is 34.6 Å². The summed E-state index contributed by atoms with van der Waals surface area (Å²) in [5, 5.41) is 0. The van der Waals surface area contributed by atoms with Gasteiger partial charge in [-0.3, -0.25) is 14.3 Å². The summed E-state index contributed by atoms with van der Waals surface area (Å²) < 4.78 is 55.4. The monoisotopic (exact) mass is 640 g/mol. The average Bonchev–Trinajstić information content (AvgIpc) is 3.70. The first-order valence-corrected chi connectivity index (χ1v) is 16.9. The Labute approximate surface area is 242 Å². The average molecular weight is 641 g/mol. The molecule has 2 bridgehead atoms. The van der Waals surface area contributed by atoms with Gasteiger partial charge in [-0.1, -0.05) is 0 Å². The van der Waals surface area contributed by atoms with Crippen molar-refractivity contribution in [3.8, 4) is 0 Å². The number of nitrogens with zero attached hydrogens (tertiary/aromatic N) is 7. The van der Waals surface area contributed by atoms with E-state index in [1.165, 1.54) is 17.2 Å². The third kappa shape index (κ3) is 5.22. The largest absolute Gasteiger partial charge is 0.369 e. The number of aromatic nitrogens is 8. The standard InChI is InChI=1S/C21H25N10O8PS2/c22-21-28-18-16(19(32)29-21)26-9-31(18)20-15-3-12(37-20)6-36-40(33,41)38-14-2-11(1-10(14)4-27-42(34,35)39-15)30-8-25-13-5-23-7-24-17(13)30/h5,7-12,14-15,20,27H,1-4,6H2,(H,33,41)(H3,22,28,29,32)/t10-,11-,12+,14+,15-,20+,40?/m1/s1. The molecule has 42 heavy (non-hydrogen) atoms. The van der Waals surface area contributed by atoms with Gasteiger partial charge in [0.25, 0.3) is 5.56 Å². The molecule has 18 nitrogen and oxygen atoms in total. The number of H-pyrrole nitrogens is 1. The zero-order valence-electron chi connectivity index (χ0n) is 21.6. The van der Waals surface area contributed by atoms with E-state index in [1.54, 1.807) is 12.5 Å². The van der Waals surface area contributed by atoms with Crippen LogP contribution in [0.25, 0.3) is 22.3 Å². The van der Waals surface area contributed by atoms with E-state index in [9.17, 15) is 18.1 Å². The minimum absolute atomic E-state index is 0.0140. The lowest BCUT2D eigenvalue weighted by Crippen LogP contribution is -2.37. The van der Waals surface area contributed by atoms with Crippen LogP contribution in [0, 0.1) is 5.92 Å². The Morgan fingerprint density at radius 2 is 1.95 bits per heavy atom. The van der Waals surface area contributed by atoms with Crippen LogP contribution in [0.15, 0.2) is 30.0 Å². The van der Waals surface area contributed by atoms with Gasteiger partial charge in [-0.2, -0.15) is 18.1 Å². The molecular weight excluding hydrogens is 615 g/mol. The topological polar surface area (TPSA) is 237 Å². The van der Waals surface area contributed by atoms with Gasteiger partial charge in [0, 0.05) is 24.9 Å². The molecule has 7 atom stereocenters. The molecular formula is C21H25N10O8PS2. The summed E-state index contributed by atoms with van der Waals surface area (Å²) in [5.41, 5.74) is 6.45. The first-order valence-electron chi connectivity index (χ1n) is 12.9. The Morgan fingerprint density at radius 3 is 2.81 bits per heavy atom. The van der Waals surface area contributed by atoms with Crippen LogP contribution in [0.5, 0.6) is 0 Å². The maximum absolute atomic E-state index is 13.2. The molecule has 6 heterocycles. The van der Waals surface area contributed by atoms with Crippen molar-refractivity contribution in [2.24, 2.45) is 5.92 Å². The van der Waals surface area contributed by atoms with Crippen molar-refractivity contribution in [1.82, 2.24) is 43.8 Å². The van der Waals surface area contributed by atoms with Gasteiger partial charge in [-0.15, -0.1) is 0 Å². The molecule has 2 aliphatic heterocycles. The first-order chi connectivity index (χ1) is 20.1. The van der Waals surface area contributed by atoms with Crippen LogP contribution in [-0.4, -0.2) is 83.8 Å². The highest BCUT2D eigenvalue weighted by Gasteiger charge is 2.45. The number of rotatable bonds is 2. The van der Waals surface area contributed by atoms with E-state index in [-0.39, 0.29) is 42.7 Å². The van der Waals surface area contributed by atoms with Crippen LogP contribution in [0.4, 0.5) is 5.95 Å². The van der Waals surface area contributed by atoms with E-state index < -0.39 is 53.0 Å². The zero-order valence-corrected chi connectivity index (χ0v) is 24.1. The molecule has 1 unspecified atom stereocenters. The highest BCUT2D eigenvalue weighted by molar-refractivity contribution is 8.07. The van der Waals surface area contributed by atoms with Gasteiger partial charge >= 0.3 is 17.0 Å². The predicted octanol–water partition coefficient (Wildman–Crippen LogP) is -0.368. The van der Waals surface area contributed by atoms with E-state index in [0.717, 1.165) is 0 Å². The summed E-state index contributed by atoms with van der Waals surface area (Å²) in [7, 11) is -4.32. The van der Waals surface area contributed by atoms with Crippen LogP contribution >= 0.6 is 6.72 Å². The Balaban J connectivity index is 1.17. The third-order valence-corrected chi connectivity index (χ3v) is 10.2. The lowest BCUT2D eigenvalue weighted by molar-refractivity contribution is -0.0431. The molecule has 224 valence electrons. The maximum atomic E-state index is 13.2. The Bertz CT molecular complexity index is 1880. The van der Waals surface area contributed by atoms with Crippen molar-refractivity contribution >= 4 is 57.1 Å². The minimum Gasteiger partial charge on any atom is -0.369 e. The Morgan fingerprint density at radius 1 is 1.12 bits per heavy atom. The van der Waals surface area contributed by atoms with Crippen LogP contribution in [0.2, 0.25) is 0 Å². The smallest absolute Gasteiger partial charge is 0.336 e. The number of nitrogens with one attached hydrogen (secondary N) is 2. The van der Waals surface area contributed by atoms with Crippen molar-refractivity contribution in [3.63, 3.8) is 0 Å². The first kappa shape index (κ1) is 27.9. The fourth-order valence-corrected chi connectivity index (χ4v) is 8.27. The van der Waals surface area contributed by atoms with Crippen LogP contribution in [-0.2, 0) is 40.1 Å². The van der Waals surface area contributed by atoms with Crippen LogP contribution in [0.1, 0.15) is 31.5 Å². The SMILES string of the molecule is Nc1nc2c(ncn2[C@H]2O[C@@H]3COP(O)(=S)O[C@H]4C[C@H](n5cnc6cncnc65)C[C@@H]4CNS(=O)(=O)O[C@@H]2C3)c(=O)[nH]1. The number of imidazole rings is 2. The maximum Gasteiger partial charge on any atom is 0.336 e. The molecule has 21 heteroatoms. The molecule has 0 amide bonds. The molecule has 3 fully saturated rings. The van der Waals surface area contributed by atoms with Crippen molar-refractivity contribution in [2.45, 2.75) is 49.8 Å². The van der Waals surface area contributed by atoms with E-state index >= 15 is 0 Å². The second kappa shape index (κ2) is 10.4. The molecule has 7 rings (SSSR count). The summed E-state index contributed by atoms with van der Waals surface area (Å²) in [4.78, 5) is 46.5. The number of ether oxygens (including phenoxy) is 1. The van der Waals surface area contributed by atoms with Gasteiger partial charge < -0.3 is 29.0 Å². The van der Waals surface area contributed by atoms with Gasteiger partial charge in [0.1, 0.15) is 17.9 Å². The van der Waals surface area contributed by atoms with E-state index in [4.69, 9.17) is 35.5 Å². The summed E-state index contributed by atoms with van der Waals surface area (Å²) in [6.45, 7) is -4.05. The van der Waals surface area contributed by atoms with Gasteiger partial charge in [0.15, 0.2) is 23.0 Å². The molecule has 1 aliphatic carbocycles. The highest BCUT2D eigenvalue weighted by Crippen LogP contribution is 2.51. The fraction of sp³-hybridized carbons (Fsp3) is 0.524. The lowest BCUT2D eigenvalue weighted by Gasteiger charge is -2.26. The minimum atomic E-state index is -4.32. The molecule has 3 aliphatic rings. The molecule has 0 aromatic carbocycles. The van der Waals surface area contributed by atoms with Crippen molar-refractivity contribution in [2.75, 3.05) is 18.9 Å².